The summed E-state index contributed by atoms with van der Waals surface area (Å²) in [5, 5.41) is 9.47. The number of ether oxygens (including phenoxy) is 2. The number of carbonyl (C=O) groups excluding carboxylic acids is 1. The second-order valence-electron chi connectivity index (χ2n) is 13.4. The van der Waals surface area contributed by atoms with Gasteiger partial charge in [0.05, 0.1) is 25.6 Å². The molecule has 0 amide bonds. The van der Waals surface area contributed by atoms with Gasteiger partial charge in [-0.3, -0.25) is 13.8 Å². The van der Waals surface area contributed by atoms with E-state index in [4.69, 9.17) is 24.3 Å². The molecule has 53 heavy (non-hydrogen) atoms. The second kappa shape index (κ2) is 39.4. The number of rotatable bonds is 38. The van der Waals surface area contributed by atoms with Crippen molar-refractivity contribution in [2.24, 2.45) is 5.73 Å². The molecule has 0 radical (unpaired) electrons. The summed E-state index contributed by atoms with van der Waals surface area (Å²) >= 11 is 0. The highest BCUT2D eigenvalue weighted by Gasteiger charge is 2.25. The summed E-state index contributed by atoms with van der Waals surface area (Å²) in [6, 6.07) is 0. The number of unbranched alkanes of at least 4 members (excludes halogenated alkanes) is 15. The monoisotopic (exact) mass is 766 g/mol. The molecule has 0 saturated carbocycles. The maximum absolute atomic E-state index is 12.5. The third kappa shape index (κ3) is 39.3. The molecule has 0 heterocycles. The fourth-order valence-electron chi connectivity index (χ4n) is 5.18. The molecular weight excluding hydrogens is 689 g/mol. The number of allylic oxidation sites excluding steroid dienone is 10. The van der Waals surface area contributed by atoms with Crippen molar-refractivity contribution in [1.82, 2.24) is 0 Å². The molecular formula is C43H76NO8P. The Morgan fingerprint density at radius 1 is 0.679 bits per heavy atom. The van der Waals surface area contributed by atoms with Crippen LogP contribution in [0.1, 0.15) is 155 Å². The Hall–Kier alpha value is -2.26. The lowest BCUT2D eigenvalue weighted by Crippen LogP contribution is -2.27. The number of nitrogens with two attached hydrogens (primary N) is 1. The van der Waals surface area contributed by atoms with Gasteiger partial charge < -0.3 is 25.2 Å². The predicted octanol–water partition coefficient (Wildman–Crippen LogP) is 11.3. The Balaban J connectivity index is 4.25. The summed E-state index contributed by atoms with van der Waals surface area (Å²) in [5.41, 5.74) is 5.35. The van der Waals surface area contributed by atoms with Gasteiger partial charge in [0.25, 0.3) is 0 Å². The van der Waals surface area contributed by atoms with Crippen LogP contribution in [0, 0.1) is 0 Å². The van der Waals surface area contributed by atoms with Gasteiger partial charge in [-0.15, -0.1) is 0 Å². The third-order valence-electron chi connectivity index (χ3n) is 8.36. The number of aliphatic hydroxyl groups is 1. The average Bonchev–Trinajstić information content (AvgIpc) is 3.15. The molecule has 0 aliphatic carbocycles. The molecule has 0 aliphatic heterocycles. The van der Waals surface area contributed by atoms with Crippen LogP contribution in [0.3, 0.4) is 0 Å². The van der Waals surface area contributed by atoms with E-state index in [1.165, 1.54) is 83.5 Å². The van der Waals surface area contributed by atoms with E-state index in [-0.39, 0.29) is 38.9 Å². The number of phosphoric ester groups is 1. The first-order chi connectivity index (χ1) is 25.8. The van der Waals surface area contributed by atoms with E-state index < -0.39 is 19.9 Å². The van der Waals surface area contributed by atoms with Crippen molar-refractivity contribution in [1.29, 1.82) is 0 Å². The fourth-order valence-corrected chi connectivity index (χ4v) is 5.95. The molecule has 0 spiro atoms. The number of carbonyl (C=O) groups is 1. The summed E-state index contributed by atoms with van der Waals surface area (Å²) in [6.45, 7) is 3.82. The molecule has 0 rings (SSSR count). The van der Waals surface area contributed by atoms with Gasteiger partial charge in [-0.2, -0.15) is 0 Å². The molecule has 0 aliphatic rings. The molecule has 1 unspecified atom stereocenters. The molecule has 3 atom stereocenters. The van der Waals surface area contributed by atoms with Crippen molar-refractivity contribution >= 4 is 13.8 Å². The minimum Gasteiger partial charge on any atom is -0.498 e. The Morgan fingerprint density at radius 2 is 1.23 bits per heavy atom. The normalized spacial score (nSPS) is 14.8. The number of aliphatic hydroxyl groups excluding tert-OH is 1. The molecule has 306 valence electrons. The van der Waals surface area contributed by atoms with E-state index in [1.54, 1.807) is 12.3 Å². The van der Waals surface area contributed by atoms with Crippen molar-refractivity contribution in [3.63, 3.8) is 0 Å². The van der Waals surface area contributed by atoms with E-state index in [0.717, 1.165) is 44.9 Å². The van der Waals surface area contributed by atoms with Gasteiger partial charge in [0.1, 0.15) is 6.61 Å². The first-order valence-corrected chi connectivity index (χ1v) is 22.1. The zero-order valence-corrected chi connectivity index (χ0v) is 34.2. The van der Waals surface area contributed by atoms with Crippen LogP contribution in [0.25, 0.3) is 0 Å². The number of phosphoric acid groups is 1. The molecule has 10 heteroatoms. The maximum Gasteiger partial charge on any atom is 0.472 e. The second-order valence-corrected chi connectivity index (χ2v) is 14.8. The average molecular weight is 766 g/mol. The van der Waals surface area contributed by atoms with Gasteiger partial charge in [-0.05, 0) is 57.4 Å². The van der Waals surface area contributed by atoms with Gasteiger partial charge in [0, 0.05) is 13.0 Å². The molecule has 0 aromatic heterocycles. The van der Waals surface area contributed by atoms with Gasteiger partial charge in [-0.25, -0.2) is 4.57 Å². The lowest BCUT2D eigenvalue weighted by atomic mass is 10.0. The van der Waals surface area contributed by atoms with Crippen LogP contribution in [-0.2, 0) is 27.9 Å². The summed E-state index contributed by atoms with van der Waals surface area (Å²) in [5.74, 6) is -0.422. The van der Waals surface area contributed by atoms with Crippen LogP contribution in [0.5, 0.6) is 0 Å². The Labute approximate surface area is 323 Å². The van der Waals surface area contributed by atoms with Crippen LogP contribution in [0.2, 0.25) is 0 Å². The van der Waals surface area contributed by atoms with Crippen molar-refractivity contribution in [2.45, 2.75) is 167 Å². The lowest BCUT2D eigenvalue weighted by molar-refractivity contribution is -0.153. The van der Waals surface area contributed by atoms with Crippen molar-refractivity contribution in [2.75, 3.05) is 26.4 Å². The van der Waals surface area contributed by atoms with Gasteiger partial charge >= 0.3 is 13.8 Å². The molecule has 9 nitrogen and oxygen atoms in total. The SMILES string of the molecule is CCCCCCCCCCCCCCCC/C=C/OC[C@H](COP(=O)(O)OCCN)OC(=O)CCC/C=C\C/C=C\C/C=C\C/C=C\C=C\[C@H](O)CC. The van der Waals surface area contributed by atoms with Gasteiger partial charge in [0.15, 0.2) is 6.10 Å². The van der Waals surface area contributed by atoms with Gasteiger partial charge in [-0.1, -0.05) is 158 Å². The Morgan fingerprint density at radius 3 is 1.81 bits per heavy atom. The highest BCUT2D eigenvalue weighted by Crippen LogP contribution is 2.43. The van der Waals surface area contributed by atoms with Crippen molar-refractivity contribution in [3.05, 3.63) is 73.1 Å². The standard InChI is InChI=1S/C43H76NO8P/c1-3-5-6-7-8-9-10-11-12-15-18-21-24-27-30-33-37-49-39-42(40-51-53(47,48)50-38-36-44)52-43(46)35-32-29-26-23-20-17-14-13-16-19-22-25-28-31-34-41(45)4-2/h14,16-17,19,23,25-26,28,31,33-34,37,41-42,45H,3-13,15,18,20-22,24,27,29-30,32,35-36,38-40,44H2,1-2H3,(H,47,48)/b17-14-,19-16-,26-23-,28-25-,34-31+,37-33+/t41-,42-/m1/s1. The highest BCUT2D eigenvalue weighted by atomic mass is 31.2. The summed E-state index contributed by atoms with van der Waals surface area (Å²) in [4.78, 5) is 22.4. The minimum atomic E-state index is -4.32. The molecule has 0 bridgehead atoms. The highest BCUT2D eigenvalue weighted by molar-refractivity contribution is 7.47. The molecule has 0 saturated heterocycles. The third-order valence-corrected chi connectivity index (χ3v) is 9.34. The van der Waals surface area contributed by atoms with Crippen LogP contribution in [-0.4, -0.2) is 54.5 Å². The minimum absolute atomic E-state index is 0.00258. The summed E-state index contributed by atoms with van der Waals surface area (Å²) in [6.07, 6.45) is 46.8. The van der Waals surface area contributed by atoms with Crippen LogP contribution in [0.15, 0.2) is 73.1 Å². The summed E-state index contributed by atoms with van der Waals surface area (Å²) < 4.78 is 33.0. The summed E-state index contributed by atoms with van der Waals surface area (Å²) in [7, 11) is -4.32. The number of hydrogen-bond donors (Lipinski definition) is 3. The van der Waals surface area contributed by atoms with Crippen LogP contribution >= 0.6 is 7.82 Å². The maximum atomic E-state index is 12.5. The van der Waals surface area contributed by atoms with E-state index >= 15 is 0 Å². The Kier molecular flexibility index (Phi) is 37.8. The van der Waals surface area contributed by atoms with E-state index in [0.29, 0.717) is 6.42 Å². The smallest absolute Gasteiger partial charge is 0.472 e. The largest absolute Gasteiger partial charge is 0.498 e. The Bertz CT molecular complexity index is 1050. The van der Waals surface area contributed by atoms with Crippen LogP contribution in [0.4, 0.5) is 0 Å². The van der Waals surface area contributed by atoms with E-state index in [2.05, 4.69) is 37.3 Å². The number of esters is 1. The van der Waals surface area contributed by atoms with Crippen LogP contribution < -0.4 is 5.73 Å². The van der Waals surface area contributed by atoms with Crippen molar-refractivity contribution in [3.8, 4) is 0 Å². The quantitative estimate of drug-likeness (QED) is 0.0140. The predicted molar refractivity (Wildman–Crippen MR) is 220 cm³/mol. The molecule has 0 aromatic carbocycles. The van der Waals surface area contributed by atoms with Gasteiger partial charge in [0.2, 0.25) is 0 Å². The molecule has 0 fully saturated rings. The number of hydrogen-bond acceptors (Lipinski definition) is 8. The molecule has 4 N–H and O–H groups in total. The zero-order chi connectivity index (χ0) is 38.9. The molecule has 0 aromatic rings. The first kappa shape index (κ1) is 50.7. The first-order valence-electron chi connectivity index (χ1n) is 20.6. The van der Waals surface area contributed by atoms with E-state index in [9.17, 15) is 19.4 Å². The van der Waals surface area contributed by atoms with E-state index in [1.807, 2.05) is 37.3 Å². The topological polar surface area (TPSA) is 138 Å². The lowest BCUT2D eigenvalue weighted by Gasteiger charge is -2.19. The van der Waals surface area contributed by atoms with Crippen molar-refractivity contribution < 1.29 is 37.9 Å². The zero-order valence-electron chi connectivity index (χ0n) is 33.3. The fraction of sp³-hybridized carbons (Fsp3) is 0.698.